The molecule has 1 aromatic carbocycles. The number of benzene rings is 1. The Hall–Kier alpha value is -7.95. The van der Waals surface area contributed by atoms with Gasteiger partial charge in [-0.25, -0.2) is 0 Å². The third kappa shape index (κ3) is 24.1. The van der Waals surface area contributed by atoms with Gasteiger partial charge in [0.25, 0.3) is 0 Å². The fourth-order valence-corrected chi connectivity index (χ4v) is 8.50. The van der Waals surface area contributed by atoms with E-state index in [1.54, 1.807) is 58.0 Å². The van der Waals surface area contributed by atoms with Crippen LogP contribution in [0.4, 0.5) is 0 Å². The van der Waals surface area contributed by atoms with E-state index in [1.807, 2.05) is 13.8 Å². The highest BCUT2D eigenvalue weighted by molar-refractivity contribution is 6.00. The first-order valence-electron chi connectivity index (χ1n) is 26.9. The predicted octanol–water partition coefficient (Wildman–Crippen LogP) is -3.94. The largest absolute Gasteiger partial charge is 0.481 e. The van der Waals surface area contributed by atoms with Crippen LogP contribution in [-0.2, 0) is 64.0 Å². The summed E-state index contributed by atoms with van der Waals surface area (Å²) in [6.45, 7) is 11.1. The van der Waals surface area contributed by atoms with Crippen molar-refractivity contribution in [3.63, 3.8) is 0 Å². The summed E-state index contributed by atoms with van der Waals surface area (Å²) in [7, 11) is 0. The number of nitrogens with one attached hydrogen (secondary N) is 8. The highest BCUT2D eigenvalue weighted by atomic mass is 16.4. The Kier molecular flexibility index (Phi) is 29.2. The van der Waals surface area contributed by atoms with E-state index in [2.05, 4.69) is 47.5 Å². The lowest BCUT2D eigenvalue weighted by molar-refractivity contribution is -0.143. The number of likely N-dealkylation sites (tertiary alicyclic amines) is 1. The number of hydrogen-bond donors (Lipinski definition) is 15. The van der Waals surface area contributed by atoms with Gasteiger partial charge in [-0.15, -0.1) is 0 Å². The van der Waals surface area contributed by atoms with Crippen LogP contribution in [0.1, 0.15) is 112 Å². The zero-order valence-electron chi connectivity index (χ0n) is 47.0. The molecule has 0 aromatic heterocycles. The molecule has 0 aliphatic carbocycles. The van der Waals surface area contributed by atoms with Crippen LogP contribution in [-0.4, -0.2) is 177 Å². The van der Waals surface area contributed by atoms with E-state index in [9.17, 15) is 72.9 Å². The average molecular weight is 1150 g/mol. The molecule has 29 heteroatoms. The number of carboxylic acids is 2. The van der Waals surface area contributed by atoms with E-state index in [0.29, 0.717) is 24.8 Å². The maximum Gasteiger partial charge on any atom is 0.325 e. The minimum atomic E-state index is -1.97. The number of nitrogens with zero attached hydrogens (tertiary/aromatic N) is 2. The van der Waals surface area contributed by atoms with E-state index in [0.717, 1.165) is 6.92 Å². The van der Waals surface area contributed by atoms with Gasteiger partial charge in [0.15, 0.2) is 5.96 Å². The van der Waals surface area contributed by atoms with Gasteiger partial charge in [-0.2, -0.15) is 0 Å². The summed E-state index contributed by atoms with van der Waals surface area (Å²) >= 11 is 0. The van der Waals surface area contributed by atoms with Gasteiger partial charge in [-0.05, 0) is 68.8 Å². The van der Waals surface area contributed by atoms with E-state index >= 15 is 0 Å². The maximum absolute atomic E-state index is 14.4. The first-order valence-corrected chi connectivity index (χ1v) is 26.9. The summed E-state index contributed by atoms with van der Waals surface area (Å²) in [6, 6.07) is -6.38. The molecule has 0 radical (unpaired) electrons. The third-order valence-corrected chi connectivity index (χ3v) is 13.1. The molecular weight excluding hydrogens is 1060 g/mol. The number of carbonyl (C=O) groups excluding carboxylic acids is 10. The number of nitrogens with two attached hydrogens (primary N) is 4. The number of carbonyl (C=O) groups is 12. The zero-order chi connectivity index (χ0) is 61.3. The number of amides is 10. The van der Waals surface area contributed by atoms with Crippen molar-refractivity contribution < 1.29 is 72.9 Å². The van der Waals surface area contributed by atoms with Crippen LogP contribution in [0, 0.1) is 17.8 Å². The number of aliphatic hydroxyl groups is 1. The minimum Gasteiger partial charge on any atom is -0.481 e. The zero-order valence-corrected chi connectivity index (χ0v) is 47.0. The monoisotopic (exact) mass is 1140 g/mol. The molecule has 1 aromatic rings. The molecule has 2 rings (SSSR count). The standard InChI is InChI=1S/C52H84N14O15/c1-8-28(6)41(54)50(79)66-19-13-17-38(66)49(78)64-33(21-27(4)5)45(74)65-37(25-67)48(77)59-31(16-12-18-57-52(55)56)42(71)60-32(20-26(2)3)44(73)61-34(22-30-14-10-9-11-15-30)46(75)63-36(24-40(69)70)47(76)62-35(23-39(53)68)43(72)58-29(7)51(80)81/h9-11,14-15,26-29,31-38,41,67H,8,12-13,16-25,54H2,1-7H3,(H2,53,68)(H,58,72)(H,59,77)(H,60,71)(H,61,73)(H,62,76)(H,63,75)(H,64,78)(H,65,74)(H,69,70)(H,80,81)(H4,55,56,57)/t28-,29-,31-,32-,33-,34-,35-,36-,37-,38-,41-/m0/s1. The van der Waals surface area contributed by atoms with Gasteiger partial charge < -0.3 is 85.7 Å². The van der Waals surface area contributed by atoms with E-state index < -0.39 is 151 Å². The van der Waals surface area contributed by atoms with Crippen molar-refractivity contribution in [2.75, 3.05) is 19.7 Å². The van der Waals surface area contributed by atoms with Crippen molar-refractivity contribution >= 4 is 77.0 Å². The van der Waals surface area contributed by atoms with Crippen molar-refractivity contribution in [2.24, 2.45) is 45.7 Å². The smallest absolute Gasteiger partial charge is 0.325 e. The van der Waals surface area contributed by atoms with Crippen molar-refractivity contribution in [3.8, 4) is 0 Å². The minimum absolute atomic E-state index is 0.0255. The van der Waals surface area contributed by atoms with Crippen molar-refractivity contribution in [1.29, 1.82) is 0 Å². The number of aliphatic hydroxyl groups excluding tert-OH is 1. The Morgan fingerprint density at radius 1 is 0.630 bits per heavy atom. The van der Waals surface area contributed by atoms with Crippen LogP contribution >= 0.6 is 0 Å². The topological polar surface area (TPSA) is 481 Å². The molecule has 1 fully saturated rings. The fourth-order valence-electron chi connectivity index (χ4n) is 8.50. The molecule has 81 heavy (non-hydrogen) atoms. The summed E-state index contributed by atoms with van der Waals surface area (Å²) in [5, 5.41) is 48.8. The van der Waals surface area contributed by atoms with Gasteiger partial charge in [0.05, 0.1) is 25.5 Å². The molecule has 0 saturated carbocycles. The van der Waals surface area contributed by atoms with Gasteiger partial charge >= 0.3 is 11.9 Å². The molecule has 11 atom stereocenters. The van der Waals surface area contributed by atoms with Crippen molar-refractivity contribution in [2.45, 2.75) is 173 Å². The molecule has 10 amide bonds. The molecule has 0 spiro atoms. The van der Waals surface area contributed by atoms with E-state index in [1.165, 1.54) is 4.90 Å². The van der Waals surface area contributed by atoms with Crippen LogP contribution in [0.15, 0.2) is 35.3 Å². The molecular formula is C52H84N14O15. The maximum atomic E-state index is 14.4. The quantitative estimate of drug-likeness (QED) is 0.0175. The summed E-state index contributed by atoms with van der Waals surface area (Å²) in [6.07, 6.45) is -0.834. The summed E-state index contributed by atoms with van der Waals surface area (Å²) in [5.74, 6) is -13.5. The number of guanidine groups is 1. The lowest BCUT2D eigenvalue weighted by Crippen LogP contribution is -2.61. The average Bonchev–Trinajstić information content (AvgIpc) is 3.90. The number of hydrogen-bond acceptors (Lipinski definition) is 15. The molecule has 29 nitrogen and oxygen atoms in total. The third-order valence-electron chi connectivity index (χ3n) is 13.1. The second-order valence-electron chi connectivity index (χ2n) is 20.9. The second kappa shape index (κ2) is 34.3. The van der Waals surface area contributed by atoms with Crippen molar-refractivity contribution in [3.05, 3.63) is 35.9 Å². The molecule has 1 saturated heterocycles. The van der Waals surface area contributed by atoms with Gasteiger partial charge in [-0.3, -0.25) is 62.5 Å². The highest BCUT2D eigenvalue weighted by Gasteiger charge is 2.40. The fraction of sp³-hybridized carbons (Fsp3) is 0.635. The molecule has 19 N–H and O–H groups in total. The van der Waals surface area contributed by atoms with Gasteiger partial charge in [0.1, 0.15) is 54.4 Å². The first-order chi connectivity index (χ1) is 38.0. The summed E-state index contributed by atoms with van der Waals surface area (Å²) in [4.78, 5) is 165. The lowest BCUT2D eigenvalue weighted by atomic mass is 9.98. The summed E-state index contributed by atoms with van der Waals surface area (Å²) < 4.78 is 0. The van der Waals surface area contributed by atoms with Crippen LogP contribution in [0.5, 0.6) is 0 Å². The number of carboxylic acid groups (broad SMARTS) is 2. The first kappa shape index (κ1) is 69.2. The second-order valence-corrected chi connectivity index (χ2v) is 20.9. The number of aliphatic carboxylic acids is 2. The molecule has 1 heterocycles. The van der Waals surface area contributed by atoms with Gasteiger partial charge in [0, 0.05) is 19.5 Å². The van der Waals surface area contributed by atoms with Crippen LogP contribution < -0.4 is 65.5 Å². The van der Waals surface area contributed by atoms with Crippen LogP contribution in [0.25, 0.3) is 0 Å². The molecule has 0 bridgehead atoms. The molecule has 1 aliphatic heterocycles. The Balaban J connectivity index is 2.46. The lowest BCUT2D eigenvalue weighted by Gasteiger charge is -2.30. The Morgan fingerprint density at radius 3 is 1.62 bits per heavy atom. The SMILES string of the molecule is CC[C@H](C)[C@H](N)C(=O)N1CCC[C@H]1C(=O)N[C@@H](CC(C)C)C(=O)N[C@@H](CO)C(=O)N[C@@H](CCCN=C(N)N)C(=O)N[C@@H](CC(C)C)C(=O)N[C@@H](Cc1ccccc1)C(=O)N[C@@H](CC(=O)O)C(=O)N[C@@H](CC(N)=O)C(=O)N[C@@H](C)C(=O)O. The summed E-state index contributed by atoms with van der Waals surface area (Å²) in [5.41, 5.74) is 23.0. The van der Waals surface area contributed by atoms with E-state index in [-0.39, 0.29) is 68.9 Å². The normalized spacial score (nSPS) is 16.7. The molecule has 0 unspecified atom stereocenters. The van der Waals surface area contributed by atoms with Gasteiger partial charge in [0.2, 0.25) is 59.1 Å². The molecule has 452 valence electrons. The highest BCUT2D eigenvalue weighted by Crippen LogP contribution is 2.21. The number of rotatable bonds is 35. The number of primary amides is 1. The van der Waals surface area contributed by atoms with Crippen LogP contribution in [0.2, 0.25) is 0 Å². The van der Waals surface area contributed by atoms with Crippen molar-refractivity contribution in [1.82, 2.24) is 47.4 Å². The Bertz CT molecular complexity index is 2390. The number of aliphatic imine (C=N–C) groups is 1. The Morgan fingerprint density at radius 2 is 1.10 bits per heavy atom. The Labute approximate surface area is 470 Å². The van der Waals surface area contributed by atoms with E-state index in [4.69, 9.17) is 22.9 Å². The van der Waals surface area contributed by atoms with Gasteiger partial charge in [-0.1, -0.05) is 78.3 Å². The van der Waals surface area contributed by atoms with Crippen LogP contribution in [0.3, 0.4) is 0 Å². The molecule has 1 aliphatic rings. The predicted molar refractivity (Wildman–Crippen MR) is 293 cm³/mol.